The SMILES string of the molecule is CC(C)C[C@@H](/C=C/CC(=O)NC1CC(C)(C)N(O)C(C)(C)C1)NC(=O)CCCCCCCCCCC(=O)N[C@H](/C=C/CC(=O)NC1CC(C)(C)N(O)C(C)(C)C1)CC(C)C. The smallest absolute Gasteiger partial charge is 0.224 e. The fourth-order valence-corrected chi connectivity index (χ4v) is 9.57. The van der Waals surface area contributed by atoms with Crippen molar-refractivity contribution < 1.29 is 29.6 Å². The zero-order valence-corrected chi connectivity index (χ0v) is 39.9. The monoisotopic (exact) mass is 845 g/mol. The summed E-state index contributed by atoms with van der Waals surface area (Å²) < 4.78 is 0. The van der Waals surface area contributed by atoms with Crippen LogP contribution in [0.1, 0.15) is 199 Å². The number of nitrogens with one attached hydrogen (secondary N) is 4. The second-order valence-corrected chi connectivity index (χ2v) is 21.4. The molecule has 6 N–H and O–H groups in total. The molecule has 0 unspecified atom stereocenters. The van der Waals surface area contributed by atoms with Crippen molar-refractivity contribution in [1.29, 1.82) is 0 Å². The van der Waals surface area contributed by atoms with Crippen LogP contribution in [0.15, 0.2) is 24.3 Å². The minimum Gasteiger partial charge on any atom is -0.353 e. The summed E-state index contributed by atoms with van der Waals surface area (Å²) in [6.07, 6.45) is 21.6. The van der Waals surface area contributed by atoms with Crippen LogP contribution in [0.25, 0.3) is 0 Å². The molecule has 0 radical (unpaired) electrons. The Hall–Kier alpha value is -2.80. The van der Waals surface area contributed by atoms with Crippen LogP contribution in [0.5, 0.6) is 0 Å². The summed E-state index contributed by atoms with van der Waals surface area (Å²) in [4.78, 5) is 51.2. The summed E-state index contributed by atoms with van der Waals surface area (Å²) in [5.41, 5.74) is -1.71. The first-order chi connectivity index (χ1) is 27.8. The predicted molar refractivity (Wildman–Crippen MR) is 242 cm³/mol. The highest BCUT2D eigenvalue weighted by molar-refractivity contribution is 5.79. The van der Waals surface area contributed by atoms with Crippen LogP contribution in [0.4, 0.5) is 0 Å². The van der Waals surface area contributed by atoms with Crippen molar-refractivity contribution >= 4 is 23.6 Å². The molecule has 2 aliphatic heterocycles. The summed E-state index contributed by atoms with van der Waals surface area (Å²) in [6.45, 7) is 24.4. The molecule has 2 heterocycles. The van der Waals surface area contributed by atoms with Gasteiger partial charge in [-0.15, -0.1) is 0 Å². The summed E-state index contributed by atoms with van der Waals surface area (Å²) in [5, 5.41) is 36.6. The lowest BCUT2D eigenvalue weighted by molar-refractivity contribution is -0.246. The van der Waals surface area contributed by atoms with Crippen LogP contribution < -0.4 is 21.3 Å². The second kappa shape index (κ2) is 24.7. The van der Waals surface area contributed by atoms with Crippen molar-refractivity contribution in [2.45, 2.75) is 245 Å². The standard InChI is InChI=1S/C48H88N6O6/c1-35(2)29-37(23-21-27-43(57)51-39-31-45(5,6)53(59)46(7,8)32-39)49-41(55)25-19-17-15-13-14-16-18-20-26-42(56)50-38(30-36(3)4)24-22-28-44(58)52-40-33-47(9,10)54(60)48(11,12)34-40/h21-24,35-40,59-60H,13-20,25-34H2,1-12H3,(H,49,55)(H,50,56)(H,51,57)(H,52,58)/b23-21+,24-22+/t37-,38-/m1/s1. The van der Waals surface area contributed by atoms with E-state index in [2.05, 4.69) is 49.0 Å². The van der Waals surface area contributed by atoms with Gasteiger partial charge in [-0.25, -0.2) is 0 Å². The van der Waals surface area contributed by atoms with Gasteiger partial charge in [0, 0.05) is 72.0 Å². The molecule has 60 heavy (non-hydrogen) atoms. The number of nitrogens with zero attached hydrogens (tertiary/aromatic N) is 2. The maximum Gasteiger partial charge on any atom is 0.224 e. The molecule has 0 aromatic carbocycles. The number of piperidine rings is 2. The van der Waals surface area contributed by atoms with E-state index in [4.69, 9.17) is 0 Å². The third-order valence-electron chi connectivity index (χ3n) is 12.1. The van der Waals surface area contributed by atoms with Crippen LogP contribution in [0, 0.1) is 11.8 Å². The Balaban J connectivity index is 1.61. The van der Waals surface area contributed by atoms with Crippen molar-refractivity contribution in [3.05, 3.63) is 24.3 Å². The van der Waals surface area contributed by atoms with Gasteiger partial charge in [0.25, 0.3) is 0 Å². The van der Waals surface area contributed by atoms with E-state index in [0.717, 1.165) is 64.2 Å². The highest BCUT2D eigenvalue weighted by atomic mass is 16.5. The van der Waals surface area contributed by atoms with Crippen LogP contribution >= 0.6 is 0 Å². The van der Waals surface area contributed by atoms with E-state index < -0.39 is 22.2 Å². The molecule has 0 aromatic heterocycles. The van der Waals surface area contributed by atoms with Crippen molar-refractivity contribution in [1.82, 2.24) is 31.4 Å². The van der Waals surface area contributed by atoms with Gasteiger partial charge in [-0.05, 0) is 119 Å². The van der Waals surface area contributed by atoms with Crippen molar-refractivity contribution in [3.63, 3.8) is 0 Å². The van der Waals surface area contributed by atoms with Gasteiger partial charge in [-0.3, -0.25) is 19.2 Å². The van der Waals surface area contributed by atoms with Gasteiger partial charge in [0.05, 0.1) is 0 Å². The number of carbonyl (C=O) groups is 4. The highest BCUT2D eigenvalue weighted by Crippen LogP contribution is 2.37. The molecule has 0 bridgehead atoms. The lowest BCUT2D eigenvalue weighted by atomic mass is 9.79. The molecular formula is C48H88N6O6. The molecule has 346 valence electrons. The second-order valence-electron chi connectivity index (χ2n) is 21.4. The van der Waals surface area contributed by atoms with E-state index in [0.29, 0.717) is 50.4 Å². The summed E-state index contributed by atoms with van der Waals surface area (Å²) >= 11 is 0. The van der Waals surface area contributed by atoms with E-state index in [1.54, 1.807) is 0 Å². The number of rotatable bonds is 25. The van der Waals surface area contributed by atoms with Crippen LogP contribution in [0.3, 0.4) is 0 Å². The first-order valence-corrected chi connectivity index (χ1v) is 23.3. The Morgan fingerprint density at radius 2 is 0.800 bits per heavy atom. The van der Waals surface area contributed by atoms with Gasteiger partial charge in [0.1, 0.15) is 0 Å². The molecule has 2 saturated heterocycles. The minimum absolute atomic E-state index is 0.00845. The first-order valence-electron chi connectivity index (χ1n) is 23.3. The van der Waals surface area contributed by atoms with E-state index in [1.807, 2.05) is 79.7 Å². The normalized spacial score (nSPS) is 20.7. The number of unbranched alkanes of at least 4 members (excludes halogenated alkanes) is 7. The Bertz CT molecular complexity index is 1270. The summed E-state index contributed by atoms with van der Waals surface area (Å²) in [6, 6.07) is -0.235. The number of amides is 4. The quantitative estimate of drug-likeness (QED) is 0.0392. The number of hydrogen-bond donors (Lipinski definition) is 6. The summed E-state index contributed by atoms with van der Waals surface area (Å²) in [7, 11) is 0. The van der Waals surface area contributed by atoms with Gasteiger partial charge < -0.3 is 31.7 Å². The zero-order valence-electron chi connectivity index (χ0n) is 39.9. The Morgan fingerprint density at radius 3 is 1.08 bits per heavy atom. The van der Waals surface area contributed by atoms with Crippen LogP contribution in [-0.4, -0.2) is 90.5 Å². The predicted octanol–water partition coefficient (Wildman–Crippen LogP) is 8.90. The van der Waals surface area contributed by atoms with Gasteiger partial charge in [-0.2, -0.15) is 10.1 Å². The van der Waals surface area contributed by atoms with Crippen LogP contribution in [-0.2, 0) is 19.2 Å². The maximum absolute atomic E-state index is 12.8. The average molecular weight is 845 g/mol. The maximum atomic E-state index is 12.8. The molecule has 2 rings (SSSR count). The van der Waals surface area contributed by atoms with E-state index in [-0.39, 0.29) is 60.6 Å². The summed E-state index contributed by atoms with van der Waals surface area (Å²) in [5.74, 6) is 0.805. The third-order valence-corrected chi connectivity index (χ3v) is 12.1. The van der Waals surface area contributed by atoms with Crippen molar-refractivity contribution in [2.24, 2.45) is 11.8 Å². The van der Waals surface area contributed by atoms with Gasteiger partial charge >= 0.3 is 0 Å². The van der Waals surface area contributed by atoms with Crippen molar-refractivity contribution in [2.75, 3.05) is 0 Å². The van der Waals surface area contributed by atoms with Crippen LogP contribution in [0.2, 0.25) is 0 Å². The molecule has 2 atom stereocenters. The van der Waals surface area contributed by atoms with E-state index >= 15 is 0 Å². The third kappa shape index (κ3) is 19.9. The topological polar surface area (TPSA) is 163 Å². The van der Waals surface area contributed by atoms with E-state index in [9.17, 15) is 29.6 Å². The molecule has 12 heteroatoms. The Kier molecular flexibility index (Phi) is 22.0. The number of hydrogen-bond acceptors (Lipinski definition) is 8. The molecular weight excluding hydrogens is 757 g/mol. The molecule has 0 aromatic rings. The molecule has 0 saturated carbocycles. The molecule has 4 amide bonds. The Labute approximate surface area is 364 Å². The largest absolute Gasteiger partial charge is 0.353 e. The van der Waals surface area contributed by atoms with Gasteiger partial charge in [0.2, 0.25) is 23.6 Å². The highest BCUT2D eigenvalue weighted by Gasteiger charge is 2.46. The lowest BCUT2D eigenvalue weighted by Crippen LogP contribution is -2.62. The number of carbonyl (C=O) groups excluding carboxylic acids is 4. The Morgan fingerprint density at radius 1 is 0.517 bits per heavy atom. The molecule has 2 fully saturated rings. The van der Waals surface area contributed by atoms with E-state index in [1.165, 1.54) is 10.1 Å². The van der Waals surface area contributed by atoms with Gasteiger partial charge in [0.15, 0.2) is 0 Å². The fourth-order valence-electron chi connectivity index (χ4n) is 9.57. The molecule has 0 spiro atoms. The molecule has 2 aliphatic rings. The van der Waals surface area contributed by atoms with Crippen molar-refractivity contribution in [3.8, 4) is 0 Å². The number of hydroxylamine groups is 4. The van der Waals surface area contributed by atoms with Gasteiger partial charge in [-0.1, -0.05) is 90.5 Å². The molecule has 12 nitrogen and oxygen atoms in total. The molecule has 0 aliphatic carbocycles. The average Bonchev–Trinajstić information content (AvgIpc) is 3.09. The fraction of sp³-hybridized carbons (Fsp3) is 0.833. The first kappa shape index (κ1) is 53.3. The zero-order chi connectivity index (χ0) is 45.3. The minimum atomic E-state index is -0.427. The lowest BCUT2D eigenvalue weighted by Gasteiger charge is -2.51.